The summed E-state index contributed by atoms with van der Waals surface area (Å²) in [4.78, 5) is 16.1. The van der Waals surface area contributed by atoms with E-state index in [0.717, 1.165) is 35.2 Å². The molecule has 0 fully saturated rings. The molecule has 0 aliphatic rings. The van der Waals surface area contributed by atoms with Gasteiger partial charge in [0.1, 0.15) is 0 Å². The highest BCUT2D eigenvalue weighted by molar-refractivity contribution is 5.63. The second-order valence-corrected chi connectivity index (χ2v) is 8.53. The first kappa shape index (κ1) is 24.9. The van der Waals surface area contributed by atoms with Crippen LogP contribution in [0.25, 0.3) is 5.70 Å². The molecule has 0 aliphatic heterocycles. The van der Waals surface area contributed by atoms with Crippen molar-refractivity contribution < 1.29 is 9.13 Å². The van der Waals surface area contributed by atoms with E-state index in [1.165, 1.54) is 19.4 Å². The standard InChI is InChI=1S/C28H30FN5O2/c1-4-7-24-23(20(2)31-16-25-28(29)26(36-3)13-14-30-25)19-34(32-24)18-22-11-9-21(10-12-22)17-33-15-6-5-8-27(33)35/h5-6,8-15,19,31H,2,4,7,16-18H2,1,3H3. The van der Waals surface area contributed by atoms with Crippen molar-refractivity contribution >= 4 is 5.70 Å². The summed E-state index contributed by atoms with van der Waals surface area (Å²) in [5.41, 5.74) is 4.89. The number of ether oxygens (including phenoxy) is 1. The molecule has 0 spiro atoms. The molecule has 186 valence electrons. The number of aryl methyl sites for hydroxylation is 1. The van der Waals surface area contributed by atoms with E-state index < -0.39 is 5.82 Å². The molecule has 7 nitrogen and oxygen atoms in total. The molecule has 3 heterocycles. The van der Waals surface area contributed by atoms with Crippen LogP contribution < -0.4 is 15.6 Å². The Morgan fingerprint density at radius 2 is 1.83 bits per heavy atom. The zero-order valence-corrected chi connectivity index (χ0v) is 20.6. The number of aromatic nitrogens is 4. The maximum Gasteiger partial charge on any atom is 0.250 e. The number of rotatable bonds is 11. The van der Waals surface area contributed by atoms with Crippen molar-refractivity contribution in [3.63, 3.8) is 0 Å². The van der Waals surface area contributed by atoms with Crippen LogP contribution >= 0.6 is 0 Å². The molecule has 4 aromatic rings. The Balaban J connectivity index is 1.44. The number of hydrogen-bond donors (Lipinski definition) is 1. The number of pyridine rings is 2. The van der Waals surface area contributed by atoms with Crippen LogP contribution in [0.5, 0.6) is 5.75 Å². The number of halogens is 1. The van der Waals surface area contributed by atoms with Crippen molar-refractivity contribution in [1.82, 2.24) is 24.6 Å². The van der Waals surface area contributed by atoms with E-state index in [4.69, 9.17) is 9.84 Å². The van der Waals surface area contributed by atoms with E-state index in [2.05, 4.69) is 35.9 Å². The van der Waals surface area contributed by atoms with Crippen LogP contribution in [0.4, 0.5) is 4.39 Å². The van der Waals surface area contributed by atoms with Crippen molar-refractivity contribution in [3.8, 4) is 5.75 Å². The van der Waals surface area contributed by atoms with Gasteiger partial charge in [-0.15, -0.1) is 0 Å². The lowest BCUT2D eigenvalue weighted by Crippen LogP contribution is -2.18. The molecule has 8 heteroatoms. The summed E-state index contributed by atoms with van der Waals surface area (Å²) < 4.78 is 23.1. The number of nitrogens with one attached hydrogen (secondary N) is 1. The number of nitrogens with zero attached hydrogens (tertiary/aromatic N) is 4. The molecule has 0 unspecified atom stereocenters. The Morgan fingerprint density at radius 3 is 2.53 bits per heavy atom. The summed E-state index contributed by atoms with van der Waals surface area (Å²) in [5, 5.41) is 7.96. The highest BCUT2D eigenvalue weighted by atomic mass is 19.1. The largest absolute Gasteiger partial charge is 0.494 e. The number of benzene rings is 1. The van der Waals surface area contributed by atoms with Gasteiger partial charge in [-0.25, -0.2) is 4.39 Å². The molecule has 36 heavy (non-hydrogen) atoms. The predicted molar refractivity (Wildman–Crippen MR) is 138 cm³/mol. The van der Waals surface area contributed by atoms with Gasteiger partial charge in [0.05, 0.1) is 38.1 Å². The fourth-order valence-electron chi connectivity index (χ4n) is 3.97. The summed E-state index contributed by atoms with van der Waals surface area (Å²) in [6.07, 6.45) is 7.02. The molecule has 0 atom stereocenters. The molecular formula is C28H30FN5O2. The summed E-state index contributed by atoms with van der Waals surface area (Å²) in [6.45, 7) is 7.58. The molecule has 0 bridgehead atoms. The molecule has 0 amide bonds. The Hall–Kier alpha value is -4.20. The van der Waals surface area contributed by atoms with Crippen LogP contribution in [-0.4, -0.2) is 26.4 Å². The molecule has 1 N–H and O–H groups in total. The Labute approximate surface area is 209 Å². The van der Waals surface area contributed by atoms with Crippen LogP contribution in [0.2, 0.25) is 0 Å². The third-order valence-corrected chi connectivity index (χ3v) is 5.88. The average Bonchev–Trinajstić information content (AvgIpc) is 3.28. The molecule has 1 aromatic carbocycles. The molecule has 3 aromatic heterocycles. The lowest BCUT2D eigenvalue weighted by Gasteiger charge is -2.11. The van der Waals surface area contributed by atoms with Gasteiger partial charge in [0.2, 0.25) is 0 Å². The van der Waals surface area contributed by atoms with Crippen molar-refractivity contribution in [2.24, 2.45) is 0 Å². The lowest BCUT2D eigenvalue weighted by atomic mass is 10.1. The SMILES string of the molecule is C=C(NCc1nccc(OC)c1F)c1cn(Cc2ccc(Cn3ccccc3=O)cc2)nc1CCC. The van der Waals surface area contributed by atoms with Gasteiger partial charge in [-0.1, -0.05) is 50.3 Å². The normalized spacial score (nSPS) is 10.9. The minimum atomic E-state index is -0.481. The van der Waals surface area contributed by atoms with Gasteiger partial charge in [-0.3, -0.25) is 14.5 Å². The topological polar surface area (TPSA) is 74.0 Å². The maximum absolute atomic E-state index is 14.5. The maximum atomic E-state index is 14.5. The van der Waals surface area contributed by atoms with E-state index >= 15 is 0 Å². The van der Waals surface area contributed by atoms with Crippen LogP contribution in [-0.2, 0) is 26.1 Å². The molecule has 0 saturated heterocycles. The van der Waals surface area contributed by atoms with Gasteiger partial charge in [0.15, 0.2) is 11.6 Å². The van der Waals surface area contributed by atoms with Gasteiger partial charge in [0, 0.05) is 42.0 Å². The smallest absolute Gasteiger partial charge is 0.250 e. The first-order valence-corrected chi connectivity index (χ1v) is 11.9. The third kappa shape index (κ3) is 5.89. The minimum Gasteiger partial charge on any atom is -0.494 e. The van der Waals surface area contributed by atoms with Crippen molar-refractivity contribution in [1.29, 1.82) is 0 Å². The van der Waals surface area contributed by atoms with Gasteiger partial charge in [0.25, 0.3) is 5.56 Å². The second-order valence-electron chi connectivity index (χ2n) is 8.53. The number of hydrogen-bond acceptors (Lipinski definition) is 5. The fourth-order valence-corrected chi connectivity index (χ4v) is 3.97. The first-order chi connectivity index (χ1) is 17.5. The Morgan fingerprint density at radius 1 is 1.08 bits per heavy atom. The van der Waals surface area contributed by atoms with E-state index in [1.54, 1.807) is 22.9 Å². The Bertz CT molecular complexity index is 1390. The molecule has 0 aliphatic carbocycles. The molecule has 0 radical (unpaired) electrons. The molecular weight excluding hydrogens is 457 g/mol. The zero-order chi connectivity index (χ0) is 25.5. The van der Waals surface area contributed by atoms with Crippen molar-refractivity contribution in [2.75, 3.05) is 7.11 Å². The van der Waals surface area contributed by atoms with Gasteiger partial charge in [-0.05, 0) is 23.6 Å². The van der Waals surface area contributed by atoms with E-state index in [9.17, 15) is 9.18 Å². The Kier molecular flexibility index (Phi) is 7.95. The van der Waals surface area contributed by atoms with Gasteiger partial charge in [-0.2, -0.15) is 5.10 Å². The predicted octanol–water partition coefficient (Wildman–Crippen LogP) is 4.40. The summed E-state index contributed by atoms with van der Waals surface area (Å²) in [6, 6.07) is 14.8. The zero-order valence-electron chi connectivity index (χ0n) is 20.6. The van der Waals surface area contributed by atoms with E-state index in [-0.39, 0.29) is 23.5 Å². The quantitative estimate of drug-likeness (QED) is 0.340. The van der Waals surface area contributed by atoms with Crippen LogP contribution in [0.3, 0.4) is 0 Å². The molecule has 0 saturated carbocycles. The summed E-state index contributed by atoms with van der Waals surface area (Å²) >= 11 is 0. The number of methoxy groups -OCH3 is 1. The lowest BCUT2D eigenvalue weighted by molar-refractivity contribution is 0.381. The van der Waals surface area contributed by atoms with Crippen LogP contribution in [0.1, 0.15) is 41.4 Å². The summed E-state index contributed by atoms with van der Waals surface area (Å²) in [5.74, 6) is -0.320. The average molecular weight is 488 g/mol. The summed E-state index contributed by atoms with van der Waals surface area (Å²) in [7, 11) is 1.43. The molecule has 4 rings (SSSR count). The second kappa shape index (κ2) is 11.5. The van der Waals surface area contributed by atoms with Crippen LogP contribution in [0, 0.1) is 5.82 Å². The monoisotopic (exact) mass is 487 g/mol. The first-order valence-electron chi connectivity index (χ1n) is 11.9. The van der Waals surface area contributed by atoms with Gasteiger partial charge >= 0.3 is 0 Å². The third-order valence-electron chi connectivity index (χ3n) is 5.88. The van der Waals surface area contributed by atoms with E-state index in [1.807, 2.05) is 29.1 Å². The van der Waals surface area contributed by atoms with Gasteiger partial charge < -0.3 is 14.6 Å². The highest BCUT2D eigenvalue weighted by Crippen LogP contribution is 2.21. The highest BCUT2D eigenvalue weighted by Gasteiger charge is 2.14. The van der Waals surface area contributed by atoms with Crippen LogP contribution in [0.15, 0.2) is 78.5 Å². The minimum absolute atomic E-state index is 0.0205. The van der Waals surface area contributed by atoms with Crippen molar-refractivity contribution in [2.45, 2.75) is 39.4 Å². The van der Waals surface area contributed by atoms with E-state index in [0.29, 0.717) is 18.8 Å². The fraction of sp³-hybridized carbons (Fsp3) is 0.250. The van der Waals surface area contributed by atoms with Crippen molar-refractivity contribution in [3.05, 3.63) is 118 Å².